The van der Waals surface area contributed by atoms with Crippen LogP contribution in [0.2, 0.25) is 0 Å². The summed E-state index contributed by atoms with van der Waals surface area (Å²) in [6, 6.07) is 15.2. The Labute approximate surface area is 140 Å². The molecule has 24 heavy (non-hydrogen) atoms. The van der Waals surface area contributed by atoms with Crippen LogP contribution in [-0.4, -0.2) is 32.1 Å². The average molecular weight is 325 g/mol. The molecule has 0 aliphatic rings. The van der Waals surface area contributed by atoms with Gasteiger partial charge in [0, 0.05) is 5.56 Å². The monoisotopic (exact) mass is 325 g/mol. The summed E-state index contributed by atoms with van der Waals surface area (Å²) in [5, 5.41) is 2.65. The third-order valence-corrected chi connectivity index (χ3v) is 3.37. The van der Waals surface area contributed by atoms with Crippen molar-refractivity contribution in [1.29, 1.82) is 0 Å². The van der Waals surface area contributed by atoms with Crippen molar-refractivity contribution in [2.75, 3.05) is 14.2 Å². The van der Waals surface area contributed by atoms with Crippen molar-refractivity contribution in [2.24, 2.45) is 0 Å². The molecule has 0 saturated heterocycles. The number of amides is 1. The lowest BCUT2D eigenvalue weighted by molar-refractivity contribution is -0.141. The Morgan fingerprint density at radius 3 is 2.25 bits per heavy atom. The highest BCUT2D eigenvalue weighted by molar-refractivity contribution is 5.97. The van der Waals surface area contributed by atoms with Gasteiger partial charge in [-0.15, -0.1) is 0 Å². The van der Waals surface area contributed by atoms with Crippen LogP contribution in [0, 0.1) is 0 Å². The average Bonchev–Trinajstić information content (AvgIpc) is 2.65. The highest BCUT2D eigenvalue weighted by Gasteiger charge is 2.19. The van der Waals surface area contributed by atoms with Crippen molar-refractivity contribution < 1.29 is 19.1 Å². The number of nitrogens with one attached hydrogen (secondary N) is 1. The van der Waals surface area contributed by atoms with Crippen LogP contribution < -0.4 is 10.1 Å². The van der Waals surface area contributed by atoms with Gasteiger partial charge in [-0.3, -0.25) is 4.79 Å². The van der Waals surface area contributed by atoms with E-state index in [-0.39, 0.29) is 5.91 Å². The van der Waals surface area contributed by atoms with E-state index >= 15 is 0 Å². The molecule has 0 aliphatic carbocycles. The zero-order valence-corrected chi connectivity index (χ0v) is 13.6. The summed E-state index contributed by atoms with van der Waals surface area (Å²) in [5.74, 6) is -0.255. The molecule has 0 heterocycles. The Kier molecular flexibility index (Phi) is 6.14. The zero-order valence-electron chi connectivity index (χ0n) is 13.6. The molecule has 0 fully saturated rings. The number of hydrogen-bond acceptors (Lipinski definition) is 4. The van der Waals surface area contributed by atoms with E-state index in [1.54, 1.807) is 43.5 Å². The van der Waals surface area contributed by atoms with Crippen LogP contribution in [-0.2, 0) is 9.53 Å². The number of hydrogen-bond donors (Lipinski definition) is 1. The predicted molar refractivity (Wildman–Crippen MR) is 91.7 cm³/mol. The summed E-state index contributed by atoms with van der Waals surface area (Å²) in [7, 11) is 2.84. The maximum Gasteiger partial charge on any atom is 0.332 e. The number of methoxy groups -OCH3 is 2. The van der Waals surface area contributed by atoms with Crippen LogP contribution in [0.1, 0.15) is 15.9 Å². The molecule has 0 aliphatic heterocycles. The third-order valence-electron chi connectivity index (χ3n) is 3.37. The van der Waals surface area contributed by atoms with Gasteiger partial charge >= 0.3 is 5.97 Å². The molecule has 0 aromatic heterocycles. The number of ether oxygens (including phenoxy) is 2. The molecule has 124 valence electrons. The second-order valence-corrected chi connectivity index (χ2v) is 4.97. The zero-order chi connectivity index (χ0) is 17.4. The molecule has 1 unspecified atom stereocenters. The number of benzene rings is 2. The molecular weight excluding hydrogens is 306 g/mol. The van der Waals surface area contributed by atoms with Gasteiger partial charge in [-0.05, 0) is 29.8 Å². The maximum absolute atomic E-state index is 12.3. The lowest BCUT2D eigenvalue weighted by Gasteiger charge is -2.13. The van der Waals surface area contributed by atoms with Gasteiger partial charge in [-0.1, -0.05) is 42.5 Å². The smallest absolute Gasteiger partial charge is 0.332 e. The van der Waals surface area contributed by atoms with E-state index in [0.717, 1.165) is 5.56 Å². The summed E-state index contributed by atoms with van der Waals surface area (Å²) < 4.78 is 9.81. The Morgan fingerprint density at radius 2 is 1.67 bits per heavy atom. The second kappa shape index (κ2) is 8.53. The molecule has 0 bridgehead atoms. The summed E-state index contributed by atoms with van der Waals surface area (Å²) in [5.41, 5.74) is 1.35. The summed E-state index contributed by atoms with van der Waals surface area (Å²) in [4.78, 5) is 24.2. The van der Waals surface area contributed by atoms with Crippen molar-refractivity contribution in [3.8, 4) is 5.75 Å². The van der Waals surface area contributed by atoms with Gasteiger partial charge in [0.1, 0.15) is 11.8 Å². The molecule has 0 spiro atoms. The van der Waals surface area contributed by atoms with Gasteiger partial charge in [0.15, 0.2) is 0 Å². The van der Waals surface area contributed by atoms with Crippen molar-refractivity contribution in [3.63, 3.8) is 0 Å². The van der Waals surface area contributed by atoms with Gasteiger partial charge in [0.25, 0.3) is 5.91 Å². The first-order valence-electron chi connectivity index (χ1n) is 7.40. The third kappa shape index (κ3) is 4.71. The van der Waals surface area contributed by atoms with E-state index < -0.39 is 12.0 Å². The first-order valence-corrected chi connectivity index (χ1v) is 7.40. The number of carbonyl (C=O) groups is 2. The number of carbonyl (C=O) groups excluding carboxylic acids is 2. The topological polar surface area (TPSA) is 64.6 Å². The molecule has 1 amide bonds. The standard InChI is InChI=1S/C19H19NO4/c1-23-16-11-9-15(10-12-16)18(21)20-17(19(22)24-2)13-8-14-6-4-3-5-7-14/h3-13,17H,1-2H3,(H,20,21)/b13-8+. The fraction of sp³-hybridized carbons (Fsp3) is 0.158. The quantitative estimate of drug-likeness (QED) is 0.829. The van der Waals surface area contributed by atoms with Gasteiger partial charge in [-0.25, -0.2) is 4.79 Å². The minimum Gasteiger partial charge on any atom is -0.497 e. The number of rotatable bonds is 6. The lowest BCUT2D eigenvalue weighted by atomic mass is 10.1. The largest absolute Gasteiger partial charge is 0.497 e. The molecule has 0 radical (unpaired) electrons. The van der Waals surface area contributed by atoms with Crippen molar-refractivity contribution in [1.82, 2.24) is 5.32 Å². The predicted octanol–water partition coefficient (Wildman–Crippen LogP) is 2.68. The Bertz CT molecular complexity index is 708. The molecule has 2 aromatic rings. The molecule has 1 atom stereocenters. The molecule has 5 nitrogen and oxygen atoms in total. The van der Waals surface area contributed by atoms with Gasteiger partial charge in [-0.2, -0.15) is 0 Å². The highest BCUT2D eigenvalue weighted by atomic mass is 16.5. The maximum atomic E-state index is 12.3. The first-order chi connectivity index (χ1) is 11.6. The Morgan fingerprint density at radius 1 is 1.00 bits per heavy atom. The van der Waals surface area contributed by atoms with E-state index in [1.807, 2.05) is 30.3 Å². The van der Waals surface area contributed by atoms with E-state index in [9.17, 15) is 9.59 Å². The fourth-order valence-electron chi connectivity index (χ4n) is 2.05. The highest BCUT2D eigenvalue weighted by Crippen LogP contribution is 2.11. The lowest BCUT2D eigenvalue weighted by Crippen LogP contribution is -2.40. The summed E-state index contributed by atoms with van der Waals surface area (Å²) >= 11 is 0. The Balaban J connectivity index is 2.11. The van der Waals surface area contributed by atoms with Crippen molar-refractivity contribution in [2.45, 2.75) is 6.04 Å². The van der Waals surface area contributed by atoms with E-state index in [0.29, 0.717) is 11.3 Å². The van der Waals surface area contributed by atoms with Gasteiger partial charge in [0.2, 0.25) is 0 Å². The van der Waals surface area contributed by atoms with Crippen LogP contribution in [0.4, 0.5) is 0 Å². The van der Waals surface area contributed by atoms with Crippen LogP contribution in [0.3, 0.4) is 0 Å². The van der Waals surface area contributed by atoms with Crippen LogP contribution >= 0.6 is 0 Å². The normalized spacial score (nSPS) is 11.8. The molecule has 2 rings (SSSR count). The van der Waals surface area contributed by atoms with Gasteiger partial charge in [0.05, 0.1) is 14.2 Å². The van der Waals surface area contributed by atoms with Crippen molar-refractivity contribution in [3.05, 3.63) is 71.8 Å². The van der Waals surface area contributed by atoms with Crippen LogP contribution in [0.5, 0.6) is 5.75 Å². The minimum absolute atomic E-state index is 0.370. The molecule has 0 saturated carbocycles. The molecule has 2 aromatic carbocycles. The fourth-order valence-corrected chi connectivity index (χ4v) is 2.05. The summed E-state index contributed by atoms with van der Waals surface area (Å²) in [6.45, 7) is 0. The first kappa shape index (κ1) is 17.3. The molecular formula is C19H19NO4. The van der Waals surface area contributed by atoms with Crippen LogP contribution in [0.25, 0.3) is 6.08 Å². The summed E-state index contributed by atoms with van der Waals surface area (Å²) in [6.07, 6.45) is 3.36. The van der Waals surface area contributed by atoms with E-state index in [1.165, 1.54) is 7.11 Å². The van der Waals surface area contributed by atoms with E-state index in [2.05, 4.69) is 5.32 Å². The minimum atomic E-state index is -0.871. The number of esters is 1. The van der Waals surface area contributed by atoms with E-state index in [4.69, 9.17) is 9.47 Å². The Hall–Kier alpha value is -3.08. The van der Waals surface area contributed by atoms with Crippen molar-refractivity contribution >= 4 is 18.0 Å². The SMILES string of the molecule is COC(=O)C(/C=C/c1ccccc1)NC(=O)c1ccc(OC)cc1. The molecule has 1 N–H and O–H groups in total. The van der Waals surface area contributed by atoms with Crippen LogP contribution in [0.15, 0.2) is 60.7 Å². The molecule has 5 heteroatoms. The van der Waals surface area contributed by atoms with Gasteiger partial charge < -0.3 is 14.8 Å². The second-order valence-electron chi connectivity index (χ2n) is 4.97.